The van der Waals surface area contributed by atoms with E-state index < -0.39 is 0 Å². The molecule has 0 aromatic carbocycles. The number of nitrogens with one attached hydrogen (secondary N) is 1. The van der Waals surface area contributed by atoms with Gasteiger partial charge in [-0.1, -0.05) is 13.8 Å². The maximum Gasteiger partial charge on any atom is 0.0214 e. The minimum atomic E-state index is 0.664. The average Bonchev–Trinajstić information content (AvgIpc) is 3.08. The van der Waals surface area contributed by atoms with Crippen LogP contribution in [0.5, 0.6) is 0 Å². The lowest BCUT2D eigenvalue weighted by atomic mass is 10.0. The summed E-state index contributed by atoms with van der Waals surface area (Å²) in [5.74, 6) is 2.80. The predicted octanol–water partition coefficient (Wildman–Crippen LogP) is 2.35. The molecule has 0 aromatic heterocycles. The zero-order valence-electron chi connectivity index (χ0n) is 11.2. The normalized spacial score (nSPS) is 23.1. The average molecular weight is 224 g/mol. The van der Waals surface area contributed by atoms with Crippen molar-refractivity contribution < 1.29 is 0 Å². The Morgan fingerprint density at radius 1 is 1.06 bits per heavy atom. The summed E-state index contributed by atoms with van der Waals surface area (Å²) >= 11 is 0. The zero-order chi connectivity index (χ0) is 11.5. The first-order valence-corrected chi connectivity index (χ1v) is 7.08. The molecular formula is C14H28N2. The number of likely N-dealkylation sites (N-methyl/N-ethyl adjacent to an activating group) is 1. The lowest BCUT2D eigenvalue weighted by Crippen LogP contribution is -2.44. The van der Waals surface area contributed by atoms with E-state index in [9.17, 15) is 0 Å². The summed E-state index contributed by atoms with van der Waals surface area (Å²) in [7, 11) is 2.11. The minimum Gasteiger partial charge on any atom is -0.315 e. The molecule has 2 aliphatic rings. The lowest BCUT2D eigenvalue weighted by Gasteiger charge is -2.29. The van der Waals surface area contributed by atoms with Crippen LogP contribution in [0, 0.1) is 17.8 Å². The summed E-state index contributed by atoms with van der Waals surface area (Å²) < 4.78 is 0. The van der Waals surface area contributed by atoms with Crippen LogP contribution in [0.25, 0.3) is 0 Å². The number of nitrogens with zero attached hydrogens (tertiary/aromatic N) is 1. The number of hydrogen-bond donors (Lipinski definition) is 1. The Labute approximate surface area is 101 Å². The van der Waals surface area contributed by atoms with Crippen molar-refractivity contribution in [3.05, 3.63) is 0 Å². The smallest absolute Gasteiger partial charge is 0.0214 e. The van der Waals surface area contributed by atoms with Crippen LogP contribution in [-0.4, -0.2) is 37.6 Å². The highest BCUT2D eigenvalue weighted by Gasteiger charge is 2.30. The van der Waals surface area contributed by atoms with Gasteiger partial charge in [0.1, 0.15) is 0 Å². The van der Waals surface area contributed by atoms with Crippen molar-refractivity contribution in [2.24, 2.45) is 17.8 Å². The summed E-state index contributed by atoms with van der Waals surface area (Å²) in [6.45, 7) is 8.63. The van der Waals surface area contributed by atoms with E-state index in [1.807, 2.05) is 0 Å². The third-order valence-corrected chi connectivity index (χ3v) is 4.06. The first-order chi connectivity index (χ1) is 7.69. The van der Waals surface area contributed by atoms with Gasteiger partial charge in [0.05, 0.1) is 0 Å². The molecule has 0 heterocycles. The van der Waals surface area contributed by atoms with Crippen LogP contribution >= 0.6 is 0 Å². The van der Waals surface area contributed by atoms with E-state index in [-0.39, 0.29) is 0 Å². The molecule has 0 aliphatic heterocycles. The second-order valence-corrected chi connectivity index (χ2v) is 6.24. The van der Waals surface area contributed by atoms with Crippen molar-refractivity contribution in [3.63, 3.8) is 0 Å². The van der Waals surface area contributed by atoms with E-state index in [2.05, 4.69) is 31.1 Å². The Morgan fingerprint density at radius 2 is 1.56 bits per heavy atom. The third-order valence-electron chi connectivity index (χ3n) is 4.06. The van der Waals surface area contributed by atoms with Crippen molar-refractivity contribution in [2.45, 2.75) is 45.6 Å². The molecule has 0 radical (unpaired) electrons. The third kappa shape index (κ3) is 4.06. The van der Waals surface area contributed by atoms with Crippen LogP contribution in [0.3, 0.4) is 0 Å². The fourth-order valence-electron chi connectivity index (χ4n) is 2.47. The van der Waals surface area contributed by atoms with Gasteiger partial charge in [-0.2, -0.15) is 0 Å². The monoisotopic (exact) mass is 224 g/mol. The topological polar surface area (TPSA) is 15.3 Å². The molecule has 0 saturated heterocycles. The fourth-order valence-corrected chi connectivity index (χ4v) is 2.47. The Balaban J connectivity index is 1.78. The highest BCUT2D eigenvalue weighted by atomic mass is 15.2. The standard InChI is InChI=1S/C14H28N2/c1-11(2)14(15-3)10-16(8-12-4-5-12)9-13-6-7-13/h11-15H,4-10H2,1-3H3. The van der Waals surface area contributed by atoms with Crippen LogP contribution in [0.15, 0.2) is 0 Å². The molecule has 0 amide bonds. The Morgan fingerprint density at radius 3 is 1.88 bits per heavy atom. The summed E-state index contributed by atoms with van der Waals surface area (Å²) in [6.07, 6.45) is 5.92. The fraction of sp³-hybridized carbons (Fsp3) is 1.00. The molecule has 0 bridgehead atoms. The molecule has 2 nitrogen and oxygen atoms in total. The molecule has 94 valence electrons. The molecule has 1 atom stereocenters. The lowest BCUT2D eigenvalue weighted by molar-refractivity contribution is 0.208. The van der Waals surface area contributed by atoms with Crippen LogP contribution in [-0.2, 0) is 0 Å². The second kappa shape index (κ2) is 5.50. The maximum absolute atomic E-state index is 3.48. The van der Waals surface area contributed by atoms with E-state index in [0.717, 1.165) is 17.8 Å². The van der Waals surface area contributed by atoms with Gasteiger partial charge in [-0.25, -0.2) is 0 Å². The van der Waals surface area contributed by atoms with Crippen LogP contribution in [0.1, 0.15) is 39.5 Å². The van der Waals surface area contributed by atoms with Crippen molar-refractivity contribution >= 4 is 0 Å². The Hall–Kier alpha value is -0.0800. The highest BCUT2D eigenvalue weighted by molar-refractivity contribution is 4.84. The first-order valence-electron chi connectivity index (χ1n) is 7.08. The van der Waals surface area contributed by atoms with Gasteiger partial charge in [0, 0.05) is 25.7 Å². The van der Waals surface area contributed by atoms with Gasteiger partial charge in [0.25, 0.3) is 0 Å². The molecule has 2 heteroatoms. The molecule has 2 rings (SSSR count). The Bertz CT molecular complexity index is 193. The predicted molar refractivity (Wildman–Crippen MR) is 69.6 cm³/mol. The largest absolute Gasteiger partial charge is 0.315 e. The number of hydrogen-bond acceptors (Lipinski definition) is 2. The number of rotatable bonds is 8. The van der Waals surface area contributed by atoms with E-state index in [4.69, 9.17) is 0 Å². The molecule has 1 unspecified atom stereocenters. The van der Waals surface area contributed by atoms with E-state index in [0.29, 0.717) is 6.04 Å². The van der Waals surface area contributed by atoms with Crippen LogP contribution < -0.4 is 5.32 Å². The maximum atomic E-state index is 3.48. The van der Waals surface area contributed by atoms with Crippen molar-refractivity contribution in [1.29, 1.82) is 0 Å². The SMILES string of the molecule is CNC(CN(CC1CC1)CC1CC1)C(C)C. The quantitative estimate of drug-likeness (QED) is 0.681. The molecule has 1 N–H and O–H groups in total. The molecule has 0 spiro atoms. The van der Waals surface area contributed by atoms with Gasteiger partial charge in [-0.05, 0) is 50.5 Å². The van der Waals surface area contributed by atoms with Gasteiger partial charge < -0.3 is 10.2 Å². The molecule has 2 aliphatic carbocycles. The summed E-state index contributed by atoms with van der Waals surface area (Å²) in [5.41, 5.74) is 0. The van der Waals surface area contributed by atoms with Crippen LogP contribution in [0.2, 0.25) is 0 Å². The summed E-state index contributed by atoms with van der Waals surface area (Å²) in [6, 6.07) is 0.664. The highest BCUT2D eigenvalue weighted by Crippen LogP contribution is 2.33. The molecular weight excluding hydrogens is 196 g/mol. The molecule has 2 fully saturated rings. The van der Waals surface area contributed by atoms with Gasteiger partial charge in [0.2, 0.25) is 0 Å². The molecule has 16 heavy (non-hydrogen) atoms. The Kier molecular flexibility index (Phi) is 4.26. The van der Waals surface area contributed by atoms with Gasteiger partial charge in [0.15, 0.2) is 0 Å². The van der Waals surface area contributed by atoms with E-state index in [1.54, 1.807) is 0 Å². The molecule has 0 aromatic rings. The van der Waals surface area contributed by atoms with Gasteiger partial charge in [-0.15, -0.1) is 0 Å². The van der Waals surface area contributed by atoms with Gasteiger partial charge >= 0.3 is 0 Å². The molecule has 2 saturated carbocycles. The van der Waals surface area contributed by atoms with Gasteiger partial charge in [-0.3, -0.25) is 0 Å². The van der Waals surface area contributed by atoms with Crippen molar-refractivity contribution in [1.82, 2.24) is 10.2 Å². The summed E-state index contributed by atoms with van der Waals surface area (Å²) in [4.78, 5) is 2.73. The van der Waals surface area contributed by atoms with E-state index in [1.165, 1.54) is 45.3 Å². The zero-order valence-corrected chi connectivity index (χ0v) is 11.2. The second-order valence-electron chi connectivity index (χ2n) is 6.24. The van der Waals surface area contributed by atoms with E-state index >= 15 is 0 Å². The van der Waals surface area contributed by atoms with Crippen molar-refractivity contribution in [2.75, 3.05) is 26.7 Å². The van der Waals surface area contributed by atoms with Crippen molar-refractivity contribution in [3.8, 4) is 0 Å². The van der Waals surface area contributed by atoms with Crippen LogP contribution in [0.4, 0.5) is 0 Å². The first kappa shape index (κ1) is 12.4. The summed E-state index contributed by atoms with van der Waals surface area (Å²) in [5, 5.41) is 3.48. The minimum absolute atomic E-state index is 0.664.